The Morgan fingerprint density at radius 3 is 2.73 bits per heavy atom. The Bertz CT molecular complexity index is 250. The predicted molar refractivity (Wildman–Crippen MR) is 46.6 cm³/mol. The number of aromatic nitrogens is 1. The second-order valence-corrected chi connectivity index (χ2v) is 2.04. The molecule has 0 saturated carbocycles. The largest absolute Gasteiger partial charge is 0.265 e. The van der Waals surface area contributed by atoms with Crippen LogP contribution in [0.15, 0.2) is 41.8 Å². The molecule has 0 bridgehead atoms. The third-order valence-electron chi connectivity index (χ3n) is 1.16. The molecule has 1 aromatic rings. The van der Waals surface area contributed by atoms with Crippen molar-refractivity contribution in [1.82, 2.24) is 4.98 Å². The molecule has 0 aliphatic rings. The first kappa shape index (κ1) is 7.66. The van der Waals surface area contributed by atoms with Gasteiger partial charge < -0.3 is 0 Å². The van der Waals surface area contributed by atoms with E-state index in [0.29, 0.717) is 0 Å². The molecule has 0 unspecified atom stereocenters. The maximum atomic E-state index is 4.03. The molecule has 0 aliphatic carbocycles. The van der Waals surface area contributed by atoms with Gasteiger partial charge in [0.05, 0.1) is 0 Å². The number of nitrogens with zero attached hydrogens (tertiary/aromatic N) is 2. The Hall–Kier alpha value is -1.44. The van der Waals surface area contributed by atoms with E-state index in [1.54, 1.807) is 24.8 Å². The fourth-order valence-corrected chi connectivity index (χ4v) is 0.665. The van der Waals surface area contributed by atoms with Crippen molar-refractivity contribution in [3.63, 3.8) is 0 Å². The van der Waals surface area contributed by atoms with Gasteiger partial charge in [-0.1, -0.05) is 6.08 Å². The molecule has 0 amide bonds. The molecule has 56 valence electrons. The highest BCUT2D eigenvalue weighted by Gasteiger charge is 1.80. The van der Waals surface area contributed by atoms with E-state index in [0.717, 1.165) is 5.56 Å². The van der Waals surface area contributed by atoms with E-state index in [1.807, 2.05) is 25.1 Å². The summed E-state index contributed by atoms with van der Waals surface area (Å²) < 4.78 is 0. The summed E-state index contributed by atoms with van der Waals surface area (Å²) in [6, 6.07) is 3.82. The Morgan fingerprint density at radius 1 is 1.36 bits per heavy atom. The van der Waals surface area contributed by atoms with E-state index in [9.17, 15) is 0 Å². The molecule has 11 heavy (non-hydrogen) atoms. The summed E-state index contributed by atoms with van der Waals surface area (Å²) >= 11 is 0. The summed E-state index contributed by atoms with van der Waals surface area (Å²) in [6.07, 6.45) is 8.92. The second-order valence-electron chi connectivity index (χ2n) is 2.04. The number of hydrogen-bond donors (Lipinski definition) is 0. The Balaban J connectivity index is 2.64. The number of hydrogen-bond acceptors (Lipinski definition) is 2. The van der Waals surface area contributed by atoms with E-state index < -0.39 is 0 Å². The summed E-state index contributed by atoms with van der Waals surface area (Å²) in [6.45, 7) is 1.93. The molecule has 0 radical (unpaired) electrons. The van der Waals surface area contributed by atoms with Crippen molar-refractivity contribution in [2.75, 3.05) is 0 Å². The molecule has 0 aromatic carbocycles. The van der Waals surface area contributed by atoms with Gasteiger partial charge >= 0.3 is 0 Å². The number of rotatable bonds is 2. The fourth-order valence-electron chi connectivity index (χ4n) is 0.665. The van der Waals surface area contributed by atoms with Crippen LogP contribution >= 0.6 is 0 Å². The van der Waals surface area contributed by atoms with Gasteiger partial charge in [-0.15, -0.1) is 0 Å². The zero-order chi connectivity index (χ0) is 7.94. The summed E-state index contributed by atoms with van der Waals surface area (Å²) in [5.74, 6) is 0. The first-order valence-corrected chi connectivity index (χ1v) is 3.48. The van der Waals surface area contributed by atoms with Gasteiger partial charge in [0.1, 0.15) is 0 Å². The van der Waals surface area contributed by atoms with Gasteiger partial charge in [0.15, 0.2) is 0 Å². The average Bonchev–Trinajstić information content (AvgIpc) is 2.07. The van der Waals surface area contributed by atoms with E-state index in [2.05, 4.69) is 9.98 Å². The first-order chi connectivity index (χ1) is 5.43. The lowest BCUT2D eigenvalue weighted by Crippen LogP contribution is -1.78. The quantitative estimate of drug-likeness (QED) is 0.586. The van der Waals surface area contributed by atoms with E-state index >= 15 is 0 Å². The molecule has 1 aromatic heterocycles. The molecule has 1 rings (SSSR count). The molecule has 2 heteroatoms. The standard InChI is InChI=1S/C9H10N2/c1-2-5-11-8-9-3-6-10-7-4-9/h2-8H,1H3/b5-2+,11-8?. The first-order valence-electron chi connectivity index (χ1n) is 3.48. The monoisotopic (exact) mass is 146 g/mol. The summed E-state index contributed by atoms with van der Waals surface area (Å²) in [5.41, 5.74) is 1.07. The summed E-state index contributed by atoms with van der Waals surface area (Å²) in [7, 11) is 0. The topological polar surface area (TPSA) is 25.2 Å². The zero-order valence-corrected chi connectivity index (χ0v) is 6.44. The highest BCUT2D eigenvalue weighted by Crippen LogP contribution is 1.90. The molecule has 0 aliphatic heterocycles. The lowest BCUT2D eigenvalue weighted by Gasteiger charge is -1.86. The van der Waals surface area contributed by atoms with E-state index in [-0.39, 0.29) is 0 Å². The van der Waals surface area contributed by atoms with Crippen LogP contribution in [0.25, 0.3) is 0 Å². The molecule has 0 spiro atoms. The molecule has 0 saturated heterocycles. The average molecular weight is 146 g/mol. The SMILES string of the molecule is C/C=C/N=Cc1ccncc1. The molecular weight excluding hydrogens is 136 g/mol. The van der Waals surface area contributed by atoms with Crippen molar-refractivity contribution in [2.45, 2.75) is 6.92 Å². The van der Waals surface area contributed by atoms with Crippen molar-refractivity contribution in [3.05, 3.63) is 42.4 Å². The van der Waals surface area contributed by atoms with E-state index in [4.69, 9.17) is 0 Å². The van der Waals surface area contributed by atoms with Crippen LogP contribution < -0.4 is 0 Å². The normalized spacial score (nSPS) is 11.4. The van der Waals surface area contributed by atoms with Crippen LogP contribution in [0.5, 0.6) is 0 Å². The molecule has 2 nitrogen and oxygen atoms in total. The summed E-state index contributed by atoms with van der Waals surface area (Å²) in [5, 5.41) is 0. The van der Waals surface area contributed by atoms with Crippen molar-refractivity contribution >= 4 is 6.21 Å². The number of aliphatic imine (C=N–C) groups is 1. The van der Waals surface area contributed by atoms with Gasteiger partial charge in [-0.25, -0.2) is 0 Å². The molecule has 0 N–H and O–H groups in total. The van der Waals surface area contributed by atoms with Crippen molar-refractivity contribution in [1.29, 1.82) is 0 Å². The van der Waals surface area contributed by atoms with E-state index in [1.165, 1.54) is 0 Å². The van der Waals surface area contributed by atoms with Gasteiger partial charge in [-0.2, -0.15) is 0 Å². The Morgan fingerprint density at radius 2 is 2.09 bits per heavy atom. The van der Waals surface area contributed by atoms with Crippen LogP contribution in [0.4, 0.5) is 0 Å². The van der Waals surface area contributed by atoms with Gasteiger partial charge in [0, 0.05) is 24.8 Å². The summed E-state index contributed by atoms with van der Waals surface area (Å²) in [4.78, 5) is 7.92. The van der Waals surface area contributed by atoms with Gasteiger partial charge in [-0.3, -0.25) is 9.98 Å². The van der Waals surface area contributed by atoms with Gasteiger partial charge in [0.25, 0.3) is 0 Å². The van der Waals surface area contributed by atoms with Crippen LogP contribution in [-0.2, 0) is 0 Å². The second kappa shape index (κ2) is 4.39. The maximum absolute atomic E-state index is 4.03. The third kappa shape index (κ3) is 2.76. The number of allylic oxidation sites excluding steroid dienone is 1. The maximum Gasteiger partial charge on any atom is 0.0341 e. The minimum atomic E-state index is 1.07. The van der Waals surface area contributed by atoms with Crippen LogP contribution in [0.1, 0.15) is 12.5 Å². The van der Waals surface area contributed by atoms with Crippen LogP contribution in [0, 0.1) is 0 Å². The lowest BCUT2D eigenvalue weighted by atomic mass is 10.3. The Labute approximate surface area is 66.3 Å². The predicted octanol–water partition coefficient (Wildman–Crippen LogP) is 2.03. The molecule has 0 atom stereocenters. The highest BCUT2D eigenvalue weighted by molar-refractivity contribution is 5.79. The van der Waals surface area contributed by atoms with Gasteiger partial charge in [0.2, 0.25) is 0 Å². The van der Waals surface area contributed by atoms with Crippen molar-refractivity contribution in [2.24, 2.45) is 4.99 Å². The van der Waals surface area contributed by atoms with Crippen molar-refractivity contribution < 1.29 is 0 Å². The Kier molecular flexibility index (Phi) is 3.06. The van der Waals surface area contributed by atoms with Crippen molar-refractivity contribution in [3.8, 4) is 0 Å². The zero-order valence-electron chi connectivity index (χ0n) is 6.44. The number of pyridine rings is 1. The van der Waals surface area contributed by atoms with Crippen LogP contribution in [-0.4, -0.2) is 11.2 Å². The highest BCUT2D eigenvalue weighted by atomic mass is 14.7. The molecule has 1 heterocycles. The minimum Gasteiger partial charge on any atom is -0.265 e. The fraction of sp³-hybridized carbons (Fsp3) is 0.111. The minimum absolute atomic E-state index is 1.07. The molecule has 0 fully saturated rings. The molecular formula is C9H10N2. The lowest BCUT2D eigenvalue weighted by molar-refractivity contribution is 1.32. The van der Waals surface area contributed by atoms with Crippen LogP contribution in [0.3, 0.4) is 0 Å². The third-order valence-corrected chi connectivity index (χ3v) is 1.16. The van der Waals surface area contributed by atoms with Crippen LogP contribution in [0.2, 0.25) is 0 Å². The smallest absolute Gasteiger partial charge is 0.0341 e. The van der Waals surface area contributed by atoms with Gasteiger partial charge in [-0.05, 0) is 24.6 Å².